The molecule has 0 amide bonds. The molecule has 55 valence electrons. The Morgan fingerprint density at radius 3 is 3.00 bits per heavy atom. The molecule has 0 N–H and O–H groups in total. The third-order valence-electron chi connectivity index (χ3n) is 0.790. The largest absolute Gasteiger partial charge is 0.381 e. The van der Waals surface area contributed by atoms with Gasteiger partial charge in [0.25, 0.3) is 0 Å². The van der Waals surface area contributed by atoms with Crippen molar-refractivity contribution in [2.75, 3.05) is 20.3 Å². The third-order valence-corrected chi connectivity index (χ3v) is 0.790. The molecule has 1 aromatic rings. The minimum atomic E-state index is 0.403. The van der Waals surface area contributed by atoms with Gasteiger partial charge in [0, 0.05) is 12.1 Å². The summed E-state index contributed by atoms with van der Waals surface area (Å²) in [6.07, 6.45) is 2.24. The van der Waals surface area contributed by atoms with E-state index >= 15 is 0 Å². The average Bonchev–Trinajstić information content (AvgIpc) is 2.41. The van der Waals surface area contributed by atoms with Crippen LogP contribution in [0.1, 0.15) is 0 Å². The number of rotatable bonds is 4. The second-order valence-corrected chi connectivity index (χ2v) is 1.47. The summed E-state index contributed by atoms with van der Waals surface area (Å²) in [6, 6.07) is 0. The van der Waals surface area contributed by atoms with E-state index in [-0.39, 0.29) is 0 Å². The molecule has 0 bridgehead atoms. The quantitative estimate of drug-likeness (QED) is 0.482. The van der Waals surface area contributed by atoms with E-state index in [0.29, 0.717) is 13.2 Å². The third kappa shape index (κ3) is 1.98. The maximum atomic E-state index is 4.86. The Morgan fingerprint density at radius 1 is 1.50 bits per heavy atom. The summed E-state index contributed by atoms with van der Waals surface area (Å²) in [5.41, 5.74) is 0. The Hall–Kier alpha value is -1.17. The highest BCUT2D eigenvalue weighted by molar-refractivity contribution is 4.28. The summed E-state index contributed by atoms with van der Waals surface area (Å²) in [5, 5.41) is 10.2. The fraction of sp³-hybridized carbons (Fsp3) is 0.750. The van der Waals surface area contributed by atoms with Gasteiger partial charge in [-0.25, -0.2) is 0 Å². The van der Waals surface area contributed by atoms with Crippen molar-refractivity contribution in [1.29, 1.82) is 0 Å². The van der Waals surface area contributed by atoms with Crippen LogP contribution in [0.3, 0.4) is 0 Å². The molecule has 0 aliphatic heterocycles. The van der Waals surface area contributed by atoms with Gasteiger partial charge in [0.1, 0.15) is 6.61 Å². The zero-order chi connectivity index (χ0) is 7.23. The van der Waals surface area contributed by atoms with Gasteiger partial charge in [0.2, 0.25) is 6.33 Å². The van der Waals surface area contributed by atoms with E-state index in [0.717, 1.165) is 4.96 Å². The molecular formula is C4H7N4O2. The highest BCUT2D eigenvalue weighted by Gasteiger charge is 1.90. The van der Waals surface area contributed by atoms with Crippen LogP contribution in [0.5, 0.6) is 0 Å². The van der Waals surface area contributed by atoms with E-state index in [2.05, 4.69) is 21.7 Å². The first-order valence-electron chi connectivity index (χ1n) is 2.72. The molecule has 0 saturated carbocycles. The molecule has 6 heteroatoms. The molecule has 0 saturated heterocycles. The Labute approximate surface area is 57.7 Å². The van der Waals surface area contributed by atoms with Crippen molar-refractivity contribution in [3.63, 3.8) is 0 Å². The molecular weight excluding hydrogens is 136 g/mol. The lowest BCUT2D eigenvalue weighted by Crippen LogP contribution is -2.18. The predicted octanol–water partition coefficient (Wildman–Crippen LogP) is -1.45. The summed E-state index contributed by atoms with van der Waals surface area (Å²) < 4.78 is 4.72. The van der Waals surface area contributed by atoms with Crippen molar-refractivity contribution >= 4 is 0 Å². The predicted molar refractivity (Wildman–Crippen MR) is 30.0 cm³/mol. The minimum absolute atomic E-state index is 0.403. The van der Waals surface area contributed by atoms with Crippen LogP contribution in [0, 0.1) is 6.33 Å². The molecule has 1 heterocycles. The van der Waals surface area contributed by atoms with E-state index in [1.165, 1.54) is 0 Å². The van der Waals surface area contributed by atoms with Crippen LogP contribution in [0.15, 0.2) is 0 Å². The Bertz CT molecular complexity index is 164. The number of aromatic nitrogens is 4. The number of methoxy groups -OCH3 is 1. The fourth-order valence-electron chi connectivity index (χ4n) is 0.393. The molecule has 6 nitrogen and oxygen atoms in total. The van der Waals surface area contributed by atoms with Gasteiger partial charge in [-0.3, -0.25) is 0 Å². The molecule has 0 spiro atoms. The zero-order valence-electron chi connectivity index (χ0n) is 5.52. The van der Waals surface area contributed by atoms with Crippen LogP contribution in [0.2, 0.25) is 0 Å². The Morgan fingerprint density at radius 2 is 2.40 bits per heavy atom. The smallest absolute Gasteiger partial charge is 0.249 e. The van der Waals surface area contributed by atoms with Crippen LogP contribution in [-0.4, -0.2) is 40.7 Å². The summed E-state index contributed by atoms with van der Waals surface area (Å²) in [6.45, 7) is 0.905. The first-order chi connectivity index (χ1) is 4.93. The first kappa shape index (κ1) is 6.94. The van der Waals surface area contributed by atoms with E-state index in [1.807, 2.05) is 0 Å². The van der Waals surface area contributed by atoms with Crippen LogP contribution in [0.4, 0.5) is 0 Å². The molecule has 0 aliphatic carbocycles. The van der Waals surface area contributed by atoms with Gasteiger partial charge in [0.05, 0.1) is 6.61 Å². The maximum Gasteiger partial charge on any atom is 0.249 e. The Balaban J connectivity index is 2.15. The van der Waals surface area contributed by atoms with Crippen molar-refractivity contribution in [2.24, 2.45) is 0 Å². The van der Waals surface area contributed by atoms with E-state index in [1.54, 1.807) is 7.11 Å². The minimum Gasteiger partial charge on any atom is -0.381 e. The summed E-state index contributed by atoms with van der Waals surface area (Å²) in [4.78, 5) is 5.85. The van der Waals surface area contributed by atoms with E-state index in [4.69, 9.17) is 9.57 Å². The second-order valence-electron chi connectivity index (χ2n) is 1.47. The topological polar surface area (TPSA) is 62.1 Å². The molecule has 0 atom stereocenters. The molecule has 0 fully saturated rings. The molecule has 0 unspecified atom stereocenters. The second kappa shape index (κ2) is 3.78. The van der Waals surface area contributed by atoms with Gasteiger partial charge < -0.3 is 9.57 Å². The maximum absolute atomic E-state index is 4.86. The lowest BCUT2D eigenvalue weighted by atomic mass is 10.8. The van der Waals surface area contributed by atoms with Crippen LogP contribution < -0.4 is 4.84 Å². The highest BCUT2D eigenvalue weighted by atomic mass is 16.7. The van der Waals surface area contributed by atoms with Crippen molar-refractivity contribution in [1.82, 2.24) is 20.4 Å². The van der Waals surface area contributed by atoms with Crippen molar-refractivity contribution in [3.05, 3.63) is 6.33 Å². The summed E-state index contributed by atoms with van der Waals surface area (Å²) >= 11 is 0. The SMILES string of the molecule is COCCOn1n[c]nn1. The van der Waals surface area contributed by atoms with Crippen molar-refractivity contribution in [2.45, 2.75) is 0 Å². The average molecular weight is 143 g/mol. The fourth-order valence-corrected chi connectivity index (χ4v) is 0.393. The number of hydrogen-bond donors (Lipinski definition) is 0. The molecule has 0 aliphatic rings. The standard InChI is InChI=1S/C4H7N4O2/c1-9-2-3-10-8-6-4-5-7-8/h2-3H2,1H3. The molecule has 1 rings (SSSR count). The normalized spacial score (nSPS) is 9.70. The molecule has 10 heavy (non-hydrogen) atoms. The van der Waals surface area contributed by atoms with Gasteiger partial charge in [-0.05, 0) is 5.21 Å². The van der Waals surface area contributed by atoms with Crippen LogP contribution in [-0.2, 0) is 4.74 Å². The summed E-state index contributed by atoms with van der Waals surface area (Å²) in [7, 11) is 1.59. The van der Waals surface area contributed by atoms with Gasteiger partial charge in [-0.2, -0.15) is 0 Å². The first-order valence-corrected chi connectivity index (χ1v) is 2.72. The molecule has 1 aromatic heterocycles. The molecule has 1 radical (unpaired) electrons. The number of ether oxygens (including phenoxy) is 1. The number of hydrogen-bond acceptors (Lipinski definition) is 5. The lowest BCUT2D eigenvalue weighted by molar-refractivity contribution is 0.0169. The Kier molecular flexibility index (Phi) is 2.62. The van der Waals surface area contributed by atoms with Gasteiger partial charge >= 0.3 is 0 Å². The lowest BCUT2D eigenvalue weighted by Gasteiger charge is -1.98. The number of nitrogens with zero attached hydrogens (tertiary/aromatic N) is 4. The van der Waals surface area contributed by atoms with E-state index < -0.39 is 0 Å². The van der Waals surface area contributed by atoms with Gasteiger partial charge in [0.15, 0.2) is 0 Å². The van der Waals surface area contributed by atoms with Gasteiger partial charge in [-0.1, -0.05) is 5.10 Å². The molecule has 0 aromatic carbocycles. The van der Waals surface area contributed by atoms with Crippen LogP contribution >= 0.6 is 0 Å². The monoisotopic (exact) mass is 143 g/mol. The van der Waals surface area contributed by atoms with E-state index in [9.17, 15) is 0 Å². The summed E-state index contributed by atoms with van der Waals surface area (Å²) in [5.74, 6) is 0. The van der Waals surface area contributed by atoms with Crippen LogP contribution in [0.25, 0.3) is 0 Å². The van der Waals surface area contributed by atoms with Crippen molar-refractivity contribution in [3.8, 4) is 0 Å². The van der Waals surface area contributed by atoms with Gasteiger partial charge in [-0.15, -0.1) is 5.10 Å². The zero-order valence-corrected chi connectivity index (χ0v) is 5.52. The highest BCUT2D eigenvalue weighted by Crippen LogP contribution is 1.68. The number of tetrazole rings is 1. The van der Waals surface area contributed by atoms with Crippen molar-refractivity contribution < 1.29 is 9.57 Å².